The van der Waals surface area contributed by atoms with E-state index in [1.807, 2.05) is 12.1 Å². The number of carbonyl (C=O) groups is 1. The first-order valence-electron chi connectivity index (χ1n) is 8.55. The summed E-state index contributed by atoms with van der Waals surface area (Å²) in [5.74, 6) is 1.40. The molecule has 142 valence electrons. The van der Waals surface area contributed by atoms with E-state index < -0.39 is 0 Å². The fourth-order valence-corrected chi connectivity index (χ4v) is 3.11. The lowest BCUT2D eigenvalue weighted by Crippen LogP contribution is -2.32. The van der Waals surface area contributed by atoms with Crippen LogP contribution in [0.15, 0.2) is 41.5 Å². The van der Waals surface area contributed by atoms with E-state index in [0.717, 1.165) is 18.7 Å². The van der Waals surface area contributed by atoms with Crippen LogP contribution in [0.2, 0.25) is 0 Å². The molecule has 7 heteroatoms. The molecule has 0 bridgehead atoms. The molecular formula is C20H23N3O4. The second-order valence-corrected chi connectivity index (χ2v) is 6.17. The van der Waals surface area contributed by atoms with Crippen molar-refractivity contribution >= 4 is 12.1 Å². The Morgan fingerprint density at radius 1 is 1.07 bits per heavy atom. The molecule has 0 fully saturated rings. The maximum absolute atomic E-state index is 12.2. The van der Waals surface area contributed by atoms with E-state index in [1.165, 1.54) is 11.1 Å². The van der Waals surface area contributed by atoms with Gasteiger partial charge < -0.3 is 14.2 Å². The van der Waals surface area contributed by atoms with Gasteiger partial charge in [0.15, 0.2) is 11.5 Å². The van der Waals surface area contributed by atoms with Crippen molar-refractivity contribution in [2.24, 2.45) is 5.10 Å². The van der Waals surface area contributed by atoms with Gasteiger partial charge in [0.1, 0.15) is 0 Å². The van der Waals surface area contributed by atoms with Crippen LogP contribution in [0.3, 0.4) is 0 Å². The Kier molecular flexibility index (Phi) is 5.93. The Labute approximate surface area is 158 Å². The minimum atomic E-state index is -0.161. The number of ether oxygens (including phenoxy) is 3. The molecule has 0 aromatic heterocycles. The van der Waals surface area contributed by atoms with Gasteiger partial charge in [-0.05, 0) is 23.3 Å². The quantitative estimate of drug-likeness (QED) is 0.598. The third kappa shape index (κ3) is 4.38. The van der Waals surface area contributed by atoms with E-state index in [0.29, 0.717) is 23.8 Å². The monoisotopic (exact) mass is 369 g/mol. The molecule has 0 radical (unpaired) electrons. The van der Waals surface area contributed by atoms with Gasteiger partial charge in [-0.2, -0.15) is 5.10 Å². The van der Waals surface area contributed by atoms with Crippen molar-refractivity contribution in [3.05, 3.63) is 53.1 Å². The Bertz CT molecular complexity index is 801. The fraction of sp³-hybridized carbons (Fsp3) is 0.300. The van der Waals surface area contributed by atoms with Crippen molar-refractivity contribution in [1.82, 2.24) is 10.3 Å². The molecule has 2 aromatic rings. The smallest absolute Gasteiger partial charge is 0.254 e. The van der Waals surface area contributed by atoms with Gasteiger partial charge in [0, 0.05) is 18.7 Å². The summed E-state index contributed by atoms with van der Waals surface area (Å²) in [6, 6.07) is 11.7. The third-order valence-electron chi connectivity index (χ3n) is 4.36. The van der Waals surface area contributed by atoms with Crippen LogP contribution in [-0.2, 0) is 17.9 Å². The molecule has 0 atom stereocenters. The average Bonchev–Trinajstić information content (AvgIpc) is 3.09. The zero-order chi connectivity index (χ0) is 19.2. The number of nitrogens with one attached hydrogen (secondary N) is 1. The molecule has 3 rings (SSSR count). The van der Waals surface area contributed by atoms with E-state index in [2.05, 4.69) is 27.6 Å². The van der Waals surface area contributed by atoms with Gasteiger partial charge in [-0.3, -0.25) is 9.69 Å². The van der Waals surface area contributed by atoms with Crippen molar-refractivity contribution in [1.29, 1.82) is 0 Å². The summed E-state index contributed by atoms with van der Waals surface area (Å²) in [4.78, 5) is 14.2. The number of benzene rings is 2. The molecule has 2 aromatic carbocycles. The van der Waals surface area contributed by atoms with Crippen molar-refractivity contribution in [3.63, 3.8) is 0 Å². The molecule has 7 nitrogen and oxygen atoms in total. The molecule has 0 saturated heterocycles. The number of fused-ring (bicyclic) bond motifs is 1. The van der Waals surface area contributed by atoms with Crippen LogP contribution in [0.25, 0.3) is 0 Å². The highest BCUT2D eigenvalue weighted by molar-refractivity contribution is 5.84. The van der Waals surface area contributed by atoms with Crippen LogP contribution in [0.4, 0.5) is 0 Å². The number of hydrogen-bond acceptors (Lipinski definition) is 6. The third-order valence-corrected chi connectivity index (χ3v) is 4.36. The Morgan fingerprint density at radius 2 is 1.67 bits per heavy atom. The van der Waals surface area contributed by atoms with Crippen LogP contribution in [-0.4, -0.2) is 44.9 Å². The highest BCUT2D eigenvalue weighted by atomic mass is 16.5. The first-order chi connectivity index (χ1) is 13.1. The van der Waals surface area contributed by atoms with Gasteiger partial charge in [0.25, 0.3) is 5.91 Å². The summed E-state index contributed by atoms with van der Waals surface area (Å²) in [5, 5.41) is 4.04. The number of methoxy groups -OCH3 is 3. The summed E-state index contributed by atoms with van der Waals surface area (Å²) < 4.78 is 15.9. The second kappa shape index (κ2) is 8.55. The minimum absolute atomic E-state index is 0.161. The Morgan fingerprint density at radius 3 is 2.19 bits per heavy atom. The lowest BCUT2D eigenvalue weighted by Gasteiger charge is -2.13. The van der Waals surface area contributed by atoms with Crippen molar-refractivity contribution in [2.45, 2.75) is 13.1 Å². The topological polar surface area (TPSA) is 72.4 Å². The largest absolute Gasteiger partial charge is 0.493 e. The Balaban J connectivity index is 1.58. The van der Waals surface area contributed by atoms with E-state index in [-0.39, 0.29) is 5.91 Å². The SMILES string of the molecule is COc1cc(/C=N\NC(=O)CN2Cc3ccccc3C2)cc(OC)c1OC. The molecular weight excluding hydrogens is 346 g/mol. The van der Waals surface area contributed by atoms with Crippen molar-refractivity contribution < 1.29 is 19.0 Å². The second-order valence-electron chi connectivity index (χ2n) is 6.17. The van der Waals surface area contributed by atoms with Crippen LogP contribution in [0.1, 0.15) is 16.7 Å². The van der Waals surface area contributed by atoms with Crippen LogP contribution in [0.5, 0.6) is 17.2 Å². The summed E-state index contributed by atoms with van der Waals surface area (Å²) >= 11 is 0. The number of hydrazone groups is 1. The zero-order valence-corrected chi connectivity index (χ0v) is 15.7. The maximum atomic E-state index is 12.2. The van der Waals surface area contributed by atoms with Gasteiger partial charge in [0.2, 0.25) is 5.75 Å². The number of hydrogen-bond donors (Lipinski definition) is 1. The van der Waals surface area contributed by atoms with Crippen LogP contribution in [0, 0.1) is 0 Å². The normalized spacial score (nSPS) is 13.4. The summed E-state index contributed by atoms with van der Waals surface area (Å²) in [5.41, 5.74) is 5.82. The van der Waals surface area contributed by atoms with E-state index in [4.69, 9.17) is 14.2 Å². The average molecular weight is 369 g/mol. The summed E-state index contributed by atoms with van der Waals surface area (Å²) in [7, 11) is 4.65. The molecule has 1 amide bonds. The molecule has 0 unspecified atom stereocenters. The molecule has 0 aliphatic carbocycles. The van der Waals surface area contributed by atoms with E-state index in [1.54, 1.807) is 39.7 Å². The summed E-state index contributed by atoms with van der Waals surface area (Å²) in [6.07, 6.45) is 1.54. The van der Waals surface area contributed by atoms with Crippen molar-refractivity contribution in [3.8, 4) is 17.2 Å². The number of carbonyl (C=O) groups excluding carboxylic acids is 1. The van der Waals surface area contributed by atoms with Crippen molar-refractivity contribution in [2.75, 3.05) is 27.9 Å². The number of rotatable bonds is 7. The van der Waals surface area contributed by atoms with Crippen LogP contribution >= 0.6 is 0 Å². The molecule has 1 aliphatic rings. The molecule has 1 N–H and O–H groups in total. The van der Waals surface area contributed by atoms with Gasteiger partial charge in [-0.25, -0.2) is 5.43 Å². The maximum Gasteiger partial charge on any atom is 0.254 e. The lowest BCUT2D eigenvalue weighted by atomic mass is 10.1. The molecule has 0 saturated carbocycles. The first-order valence-corrected chi connectivity index (χ1v) is 8.55. The number of nitrogens with zero attached hydrogens (tertiary/aromatic N) is 2. The first kappa shape index (κ1) is 18.7. The fourth-order valence-electron chi connectivity index (χ4n) is 3.11. The van der Waals surface area contributed by atoms with Gasteiger partial charge in [-0.1, -0.05) is 24.3 Å². The van der Waals surface area contributed by atoms with Crippen LogP contribution < -0.4 is 19.6 Å². The molecule has 0 spiro atoms. The standard InChI is InChI=1S/C20H23N3O4/c1-25-17-8-14(9-18(26-2)20(17)27-3)10-21-22-19(24)13-23-11-15-6-4-5-7-16(15)12-23/h4-10H,11-13H2,1-3H3,(H,22,24)/b21-10-. The number of amides is 1. The highest BCUT2D eigenvalue weighted by Crippen LogP contribution is 2.37. The van der Waals surface area contributed by atoms with Gasteiger partial charge in [0.05, 0.1) is 34.1 Å². The van der Waals surface area contributed by atoms with Gasteiger partial charge in [-0.15, -0.1) is 0 Å². The zero-order valence-electron chi connectivity index (χ0n) is 15.7. The predicted molar refractivity (Wildman–Crippen MR) is 102 cm³/mol. The predicted octanol–water partition coefficient (Wildman–Crippen LogP) is 2.18. The molecule has 1 aliphatic heterocycles. The Hall–Kier alpha value is -3.06. The molecule has 1 heterocycles. The van der Waals surface area contributed by atoms with E-state index in [9.17, 15) is 4.79 Å². The highest BCUT2D eigenvalue weighted by Gasteiger charge is 2.20. The van der Waals surface area contributed by atoms with Gasteiger partial charge >= 0.3 is 0 Å². The molecule has 27 heavy (non-hydrogen) atoms. The van der Waals surface area contributed by atoms with E-state index >= 15 is 0 Å². The minimum Gasteiger partial charge on any atom is -0.493 e. The lowest BCUT2D eigenvalue weighted by molar-refractivity contribution is -0.122. The summed E-state index contributed by atoms with van der Waals surface area (Å²) in [6.45, 7) is 1.85.